The lowest BCUT2D eigenvalue weighted by Gasteiger charge is -2.25. The Hall–Kier alpha value is -0.800. The number of hydrogen-bond acceptors (Lipinski definition) is 3. The van der Waals surface area contributed by atoms with E-state index in [9.17, 15) is 0 Å². The molecule has 1 unspecified atom stereocenters. The number of nitrogens with one attached hydrogen (secondary N) is 1. The Bertz CT molecular complexity index is 411. The highest BCUT2D eigenvalue weighted by Crippen LogP contribution is 2.21. The van der Waals surface area contributed by atoms with E-state index in [-0.39, 0.29) is 0 Å². The molecule has 1 fully saturated rings. The summed E-state index contributed by atoms with van der Waals surface area (Å²) in [5.41, 5.74) is 1.27. The summed E-state index contributed by atoms with van der Waals surface area (Å²) in [4.78, 5) is 2.57. The van der Waals surface area contributed by atoms with Gasteiger partial charge in [0.2, 0.25) is 0 Å². The molecule has 1 N–H and O–H groups in total. The molecule has 0 amide bonds. The van der Waals surface area contributed by atoms with Gasteiger partial charge in [-0.3, -0.25) is 4.90 Å². The number of likely N-dealkylation sites (tertiary alicyclic amines) is 1. The minimum atomic E-state index is 0.494. The highest BCUT2D eigenvalue weighted by Gasteiger charge is 2.19. The molecule has 3 heteroatoms. The molecular weight excluding hydrogens is 248 g/mol. The zero-order valence-corrected chi connectivity index (χ0v) is 13.5. The van der Waals surface area contributed by atoms with E-state index in [1.54, 1.807) is 0 Å². The second-order valence-corrected chi connectivity index (χ2v) is 6.52. The summed E-state index contributed by atoms with van der Waals surface area (Å²) in [5.74, 6) is 2.22. The van der Waals surface area contributed by atoms with Crippen LogP contribution in [-0.4, -0.2) is 23.5 Å². The van der Waals surface area contributed by atoms with Crippen molar-refractivity contribution in [3.05, 3.63) is 23.2 Å². The summed E-state index contributed by atoms with van der Waals surface area (Å²) in [6.07, 6.45) is 5.40. The van der Waals surface area contributed by atoms with Gasteiger partial charge >= 0.3 is 0 Å². The SMILES string of the molecule is Cc1cc(CN2CCCCCC2C)oc1CNC(C)C. The maximum absolute atomic E-state index is 6.05. The van der Waals surface area contributed by atoms with Crippen molar-refractivity contribution in [2.45, 2.75) is 78.6 Å². The predicted molar refractivity (Wildman–Crippen MR) is 83.8 cm³/mol. The molecule has 0 spiro atoms. The zero-order valence-electron chi connectivity index (χ0n) is 13.5. The first kappa shape index (κ1) is 15.6. The average molecular weight is 278 g/mol. The fraction of sp³-hybridized carbons (Fsp3) is 0.765. The Morgan fingerprint density at radius 1 is 1.35 bits per heavy atom. The van der Waals surface area contributed by atoms with Crippen molar-refractivity contribution in [1.29, 1.82) is 0 Å². The second kappa shape index (κ2) is 7.28. The zero-order chi connectivity index (χ0) is 14.5. The molecule has 0 radical (unpaired) electrons. The highest BCUT2D eigenvalue weighted by atomic mass is 16.3. The van der Waals surface area contributed by atoms with Gasteiger partial charge in [-0.2, -0.15) is 0 Å². The summed E-state index contributed by atoms with van der Waals surface area (Å²) in [5, 5.41) is 3.43. The summed E-state index contributed by atoms with van der Waals surface area (Å²) in [7, 11) is 0. The van der Waals surface area contributed by atoms with Gasteiger partial charge in [-0.15, -0.1) is 0 Å². The van der Waals surface area contributed by atoms with Crippen molar-refractivity contribution >= 4 is 0 Å². The Balaban J connectivity index is 1.96. The van der Waals surface area contributed by atoms with Gasteiger partial charge in [-0.1, -0.05) is 26.7 Å². The molecule has 0 saturated carbocycles. The third-order valence-electron chi connectivity index (χ3n) is 4.29. The van der Waals surface area contributed by atoms with Crippen molar-refractivity contribution < 1.29 is 4.42 Å². The Labute approximate surface area is 123 Å². The number of hydrogen-bond donors (Lipinski definition) is 1. The van der Waals surface area contributed by atoms with E-state index in [2.05, 4.69) is 44.0 Å². The van der Waals surface area contributed by atoms with E-state index < -0.39 is 0 Å². The van der Waals surface area contributed by atoms with E-state index >= 15 is 0 Å². The molecule has 3 nitrogen and oxygen atoms in total. The molecule has 20 heavy (non-hydrogen) atoms. The highest BCUT2D eigenvalue weighted by molar-refractivity contribution is 5.20. The van der Waals surface area contributed by atoms with E-state index in [0.717, 1.165) is 24.6 Å². The van der Waals surface area contributed by atoms with Crippen LogP contribution in [0.3, 0.4) is 0 Å². The van der Waals surface area contributed by atoms with Gasteiger partial charge in [0, 0.05) is 12.1 Å². The van der Waals surface area contributed by atoms with Gasteiger partial charge < -0.3 is 9.73 Å². The second-order valence-electron chi connectivity index (χ2n) is 6.52. The minimum Gasteiger partial charge on any atom is -0.463 e. The van der Waals surface area contributed by atoms with Gasteiger partial charge in [-0.05, 0) is 44.9 Å². The van der Waals surface area contributed by atoms with Crippen molar-refractivity contribution in [2.24, 2.45) is 0 Å². The minimum absolute atomic E-state index is 0.494. The molecule has 0 aliphatic carbocycles. The Morgan fingerprint density at radius 2 is 2.15 bits per heavy atom. The molecule has 1 aliphatic rings. The molecule has 1 aromatic heterocycles. The number of aryl methyl sites for hydroxylation is 1. The first-order chi connectivity index (χ1) is 9.56. The molecule has 1 atom stereocenters. The third kappa shape index (κ3) is 4.35. The van der Waals surface area contributed by atoms with Crippen LogP contribution in [0.25, 0.3) is 0 Å². The van der Waals surface area contributed by atoms with Gasteiger partial charge in [0.1, 0.15) is 11.5 Å². The van der Waals surface area contributed by atoms with Crippen LogP contribution in [0.4, 0.5) is 0 Å². The fourth-order valence-electron chi connectivity index (χ4n) is 2.91. The number of rotatable bonds is 5. The molecule has 114 valence electrons. The normalized spacial score (nSPS) is 21.4. The van der Waals surface area contributed by atoms with Crippen molar-refractivity contribution in [1.82, 2.24) is 10.2 Å². The van der Waals surface area contributed by atoms with E-state index in [4.69, 9.17) is 4.42 Å². The topological polar surface area (TPSA) is 28.4 Å². The lowest BCUT2D eigenvalue weighted by atomic mass is 10.1. The van der Waals surface area contributed by atoms with Crippen LogP contribution in [0.15, 0.2) is 10.5 Å². The summed E-state index contributed by atoms with van der Waals surface area (Å²) < 4.78 is 6.05. The van der Waals surface area contributed by atoms with Crippen LogP contribution in [0.5, 0.6) is 0 Å². The maximum atomic E-state index is 6.05. The van der Waals surface area contributed by atoms with E-state index in [1.807, 2.05) is 0 Å². The third-order valence-corrected chi connectivity index (χ3v) is 4.29. The van der Waals surface area contributed by atoms with Crippen LogP contribution in [0.1, 0.15) is 63.5 Å². The number of nitrogens with zero attached hydrogens (tertiary/aromatic N) is 1. The first-order valence-corrected chi connectivity index (χ1v) is 8.12. The Kier molecular flexibility index (Phi) is 5.67. The molecular formula is C17H30N2O. The lowest BCUT2D eigenvalue weighted by molar-refractivity contribution is 0.188. The largest absolute Gasteiger partial charge is 0.463 e. The van der Waals surface area contributed by atoms with Gasteiger partial charge in [0.25, 0.3) is 0 Å². The standard InChI is InChI=1S/C17H30N2O/c1-13(2)18-11-17-14(3)10-16(20-17)12-19-9-7-5-6-8-15(19)4/h10,13,15,18H,5-9,11-12H2,1-4H3. The number of furan rings is 1. The summed E-state index contributed by atoms with van der Waals surface area (Å²) in [6.45, 7) is 11.8. The van der Waals surface area contributed by atoms with E-state index in [1.165, 1.54) is 37.8 Å². The summed E-state index contributed by atoms with van der Waals surface area (Å²) in [6, 6.07) is 3.39. The molecule has 1 aliphatic heterocycles. The predicted octanol–water partition coefficient (Wildman–Crippen LogP) is 3.85. The summed E-state index contributed by atoms with van der Waals surface area (Å²) >= 11 is 0. The van der Waals surface area contributed by atoms with Crippen LogP contribution in [0.2, 0.25) is 0 Å². The van der Waals surface area contributed by atoms with Gasteiger partial charge in [0.05, 0.1) is 13.1 Å². The molecule has 2 heterocycles. The van der Waals surface area contributed by atoms with Crippen LogP contribution in [-0.2, 0) is 13.1 Å². The van der Waals surface area contributed by atoms with Crippen LogP contribution < -0.4 is 5.32 Å². The maximum Gasteiger partial charge on any atom is 0.120 e. The lowest BCUT2D eigenvalue weighted by Crippen LogP contribution is -2.31. The van der Waals surface area contributed by atoms with Crippen LogP contribution >= 0.6 is 0 Å². The molecule has 0 aromatic carbocycles. The smallest absolute Gasteiger partial charge is 0.120 e. The fourth-order valence-corrected chi connectivity index (χ4v) is 2.91. The van der Waals surface area contributed by atoms with E-state index in [0.29, 0.717) is 12.1 Å². The monoisotopic (exact) mass is 278 g/mol. The average Bonchev–Trinajstić information content (AvgIpc) is 2.61. The van der Waals surface area contributed by atoms with Gasteiger partial charge in [0.15, 0.2) is 0 Å². The van der Waals surface area contributed by atoms with Crippen LogP contribution in [0, 0.1) is 6.92 Å². The molecule has 1 aromatic rings. The molecule has 0 bridgehead atoms. The Morgan fingerprint density at radius 3 is 2.90 bits per heavy atom. The first-order valence-electron chi connectivity index (χ1n) is 8.12. The van der Waals surface area contributed by atoms with Crippen molar-refractivity contribution in [3.8, 4) is 0 Å². The molecule has 1 saturated heterocycles. The van der Waals surface area contributed by atoms with Crippen molar-refractivity contribution in [2.75, 3.05) is 6.54 Å². The quantitative estimate of drug-likeness (QED) is 0.887. The van der Waals surface area contributed by atoms with Crippen molar-refractivity contribution in [3.63, 3.8) is 0 Å². The molecule has 2 rings (SSSR count). The van der Waals surface area contributed by atoms with Gasteiger partial charge in [-0.25, -0.2) is 0 Å².